The number of hydrogen-bond donors (Lipinski definition) is 2. The summed E-state index contributed by atoms with van der Waals surface area (Å²) in [5, 5.41) is 0.993. The Labute approximate surface area is 167 Å². The number of likely N-dealkylation sites (N-methyl/N-ethyl adjacent to an activating group) is 2. The van der Waals surface area contributed by atoms with Crippen molar-refractivity contribution >= 4 is 16.6 Å². The van der Waals surface area contributed by atoms with Crippen molar-refractivity contribution in [2.45, 2.75) is 12.5 Å². The summed E-state index contributed by atoms with van der Waals surface area (Å²) in [5.74, 6) is 0. The molecule has 0 radical (unpaired) electrons. The quantitative estimate of drug-likeness (QED) is 0.627. The smallest absolute Gasteiger partial charge is 0.0742 e. The fraction of sp³-hybridized carbons (Fsp3) is 0.364. The predicted octanol–water partition coefficient (Wildman–Crippen LogP) is 2.64. The van der Waals surface area contributed by atoms with Gasteiger partial charge in [0.15, 0.2) is 0 Å². The Kier molecular flexibility index (Phi) is 6.57. The predicted molar refractivity (Wildman–Crippen MR) is 117 cm³/mol. The number of benzene rings is 1. The van der Waals surface area contributed by atoms with Gasteiger partial charge < -0.3 is 21.3 Å². The van der Waals surface area contributed by atoms with Crippen molar-refractivity contribution in [3.8, 4) is 11.3 Å². The van der Waals surface area contributed by atoms with Crippen LogP contribution in [0.15, 0.2) is 48.7 Å². The monoisotopic (exact) mass is 378 g/mol. The van der Waals surface area contributed by atoms with Crippen LogP contribution in [0.5, 0.6) is 0 Å². The minimum absolute atomic E-state index is 0.201. The Morgan fingerprint density at radius 2 is 1.79 bits per heavy atom. The molecule has 2 aromatic heterocycles. The molecule has 1 atom stereocenters. The third kappa shape index (κ3) is 4.65. The molecule has 0 spiro atoms. The van der Waals surface area contributed by atoms with Gasteiger partial charge >= 0.3 is 0 Å². The van der Waals surface area contributed by atoms with E-state index in [9.17, 15) is 0 Å². The van der Waals surface area contributed by atoms with Gasteiger partial charge in [0.2, 0.25) is 0 Å². The van der Waals surface area contributed by atoms with Crippen LogP contribution >= 0.6 is 0 Å². The molecule has 0 fully saturated rings. The van der Waals surface area contributed by atoms with Crippen LogP contribution in [0, 0.1) is 0 Å². The zero-order valence-electron chi connectivity index (χ0n) is 17.0. The molecule has 0 bridgehead atoms. The minimum Gasteiger partial charge on any atom is -0.373 e. The van der Waals surface area contributed by atoms with Gasteiger partial charge in [-0.1, -0.05) is 12.1 Å². The third-order valence-corrected chi connectivity index (χ3v) is 4.94. The molecular weight excluding hydrogens is 348 g/mol. The van der Waals surface area contributed by atoms with E-state index in [1.165, 1.54) is 5.69 Å². The molecule has 3 aromatic rings. The highest BCUT2D eigenvalue weighted by molar-refractivity contribution is 5.85. The van der Waals surface area contributed by atoms with E-state index < -0.39 is 0 Å². The number of anilines is 1. The maximum atomic E-state index is 6.36. The van der Waals surface area contributed by atoms with Crippen LogP contribution in [-0.4, -0.2) is 55.6 Å². The summed E-state index contributed by atoms with van der Waals surface area (Å²) < 4.78 is 0. The van der Waals surface area contributed by atoms with E-state index in [1.807, 2.05) is 18.2 Å². The molecule has 6 nitrogen and oxygen atoms in total. The van der Waals surface area contributed by atoms with Crippen LogP contribution in [0.4, 0.5) is 5.69 Å². The number of aromatic nitrogens is 2. The van der Waals surface area contributed by atoms with Crippen molar-refractivity contribution in [3.63, 3.8) is 0 Å². The highest BCUT2D eigenvalue weighted by Crippen LogP contribution is 2.28. The lowest BCUT2D eigenvalue weighted by Gasteiger charge is -2.22. The lowest BCUT2D eigenvalue weighted by Crippen LogP contribution is -2.28. The van der Waals surface area contributed by atoms with Gasteiger partial charge in [0, 0.05) is 49.0 Å². The van der Waals surface area contributed by atoms with Gasteiger partial charge in [-0.15, -0.1) is 0 Å². The molecule has 6 heteroatoms. The molecule has 1 aromatic carbocycles. The second kappa shape index (κ2) is 9.10. The summed E-state index contributed by atoms with van der Waals surface area (Å²) in [6.07, 6.45) is 2.49. The second-order valence-corrected chi connectivity index (χ2v) is 7.42. The first-order chi connectivity index (χ1) is 13.5. The highest BCUT2D eigenvalue weighted by atomic mass is 15.1. The molecule has 28 heavy (non-hydrogen) atoms. The van der Waals surface area contributed by atoms with Crippen LogP contribution in [0.25, 0.3) is 22.2 Å². The number of pyridine rings is 2. The van der Waals surface area contributed by atoms with E-state index in [0.29, 0.717) is 13.0 Å². The van der Waals surface area contributed by atoms with Crippen LogP contribution < -0.4 is 16.4 Å². The van der Waals surface area contributed by atoms with Crippen molar-refractivity contribution in [2.24, 2.45) is 11.5 Å². The third-order valence-electron chi connectivity index (χ3n) is 4.94. The van der Waals surface area contributed by atoms with E-state index >= 15 is 0 Å². The molecule has 148 valence electrons. The minimum atomic E-state index is -0.201. The van der Waals surface area contributed by atoms with Gasteiger partial charge in [-0.3, -0.25) is 9.97 Å². The first-order valence-electron chi connectivity index (χ1n) is 9.67. The van der Waals surface area contributed by atoms with Crippen molar-refractivity contribution in [3.05, 3.63) is 54.4 Å². The molecule has 0 saturated carbocycles. The van der Waals surface area contributed by atoms with Gasteiger partial charge in [-0.2, -0.15) is 0 Å². The van der Waals surface area contributed by atoms with Crippen LogP contribution in [0.3, 0.4) is 0 Å². The summed E-state index contributed by atoms with van der Waals surface area (Å²) in [6.45, 7) is 2.52. The maximum Gasteiger partial charge on any atom is 0.0742 e. The van der Waals surface area contributed by atoms with Crippen LogP contribution in [0.2, 0.25) is 0 Å². The van der Waals surface area contributed by atoms with Crippen molar-refractivity contribution < 1.29 is 0 Å². The molecule has 0 aliphatic rings. The number of nitrogens with zero attached hydrogens (tertiary/aromatic N) is 4. The van der Waals surface area contributed by atoms with Gasteiger partial charge in [-0.05, 0) is 57.4 Å². The van der Waals surface area contributed by atoms with Gasteiger partial charge in [0.25, 0.3) is 0 Å². The van der Waals surface area contributed by atoms with Crippen LogP contribution in [0.1, 0.15) is 18.2 Å². The zero-order chi connectivity index (χ0) is 20.1. The molecule has 2 heterocycles. The average Bonchev–Trinajstić information content (AvgIpc) is 2.71. The highest BCUT2D eigenvalue weighted by Gasteiger charge is 2.14. The van der Waals surface area contributed by atoms with E-state index in [0.717, 1.165) is 40.9 Å². The molecule has 3 rings (SSSR count). The van der Waals surface area contributed by atoms with E-state index in [2.05, 4.69) is 60.2 Å². The number of rotatable bonds is 8. The lowest BCUT2D eigenvalue weighted by molar-refractivity contribution is 0.416. The Morgan fingerprint density at radius 1 is 1.04 bits per heavy atom. The van der Waals surface area contributed by atoms with Crippen LogP contribution in [-0.2, 0) is 0 Å². The Bertz CT molecular complexity index is 907. The maximum absolute atomic E-state index is 6.36. The van der Waals surface area contributed by atoms with E-state index in [4.69, 9.17) is 16.5 Å². The molecule has 4 N–H and O–H groups in total. The Balaban J connectivity index is 1.92. The number of fused-ring (bicyclic) bond motifs is 1. The lowest BCUT2D eigenvalue weighted by atomic mass is 10.0. The molecule has 0 aliphatic carbocycles. The summed E-state index contributed by atoms with van der Waals surface area (Å²) in [4.78, 5) is 13.8. The zero-order valence-corrected chi connectivity index (χ0v) is 17.0. The first-order valence-corrected chi connectivity index (χ1v) is 9.67. The van der Waals surface area contributed by atoms with E-state index in [-0.39, 0.29) is 6.04 Å². The average molecular weight is 379 g/mol. The molecule has 1 unspecified atom stereocenters. The van der Waals surface area contributed by atoms with Crippen molar-refractivity contribution in [2.75, 3.05) is 45.7 Å². The molecule has 0 amide bonds. The second-order valence-electron chi connectivity index (χ2n) is 7.42. The standard InChI is InChI=1S/C22H30N6/c1-27(2)13-14-28(3)17-8-6-16(7-9-17)20-15-21-18(5-4-12-25-21)22(26-20)19(24)10-11-23/h4-9,12,15,19H,10-11,13-14,23-24H2,1-3H3. The SMILES string of the molecule is CN(C)CCN(C)c1ccc(-c2cc3ncccc3c(C(N)CCN)n2)cc1. The van der Waals surface area contributed by atoms with Gasteiger partial charge in [0.05, 0.1) is 16.9 Å². The van der Waals surface area contributed by atoms with Gasteiger partial charge in [-0.25, -0.2) is 0 Å². The summed E-state index contributed by atoms with van der Waals surface area (Å²) in [7, 11) is 6.29. The topological polar surface area (TPSA) is 84.3 Å². The summed E-state index contributed by atoms with van der Waals surface area (Å²) in [5.41, 5.74) is 17.0. The Hall–Kier alpha value is -2.54. The van der Waals surface area contributed by atoms with Gasteiger partial charge in [0.1, 0.15) is 0 Å². The molecule has 0 aliphatic heterocycles. The largest absolute Gasteiger partial charge is 0.373 e. The van der Waals surface area contributed by atoms with Crippen molar-refractivity contribution in [1.82, 2.24) is 14.9 Å². The van der Waals surface area contributed by atoms with Crippen molar-refractivity contribution in [1.29, 1.82) is 0 Å². The fourth-order valence-electron chi connectivity index (χ4n) is 3.21. The summed E-state index contributed by atoms with van der Waals surface area (Å²) in [6, 6.07) is 14.2. The number of nitrogens with two attached hydrogens (primary N) is 2. The fourth-order valence-corrected chi connectivity index (χ4v) is 3.21. The van der Waals surface area contributed by atoms with E-state index in [1.54, 1.807) is 6.20 Å². The molecule has 0 saturated heterocycles. The first kappa shape index (κ1) is 20.2. The summed E-state index contributed by atoms with van der Waals surface area (Å²) >= 11 is 0. The Morgan fingerprint density at radius 3 is 2.46 bits per heavy atom. The number of hydrogen-bond acceptors (Lipinski definition) is 6. The normalized spacial score (nSPS) is 12.5. The molecular formula is C22H30N6.